The molecule has 1 fully saturated rings. The molecule has 0 amide bonds. The Bertz CT molecular complexity index is 1270. The summed E-state index contributed by atoms with van der Waals surface area (Å²) in [7, 11) is 0. The fourth-order valence-corrected chi connectivity index (χ4v) is 4.15. The van der Waals surface area contributed by atoms with Crippen molar-refractivity contribution < 1.29 is 4.39 Å². The number of rotatable bonds is 4. The van der Waals surface area contributed by atoms with E-state index in [-0.39, 0.29) is 6.54 Å². The van der Waals surface area contributed by atoms with E-state index >= 15 is 0 Å². The van der Waals surface area contributed by atoms with Crippen LogP contribution in [0.5, 0.6) is 0 Å². The smallest absolute Gasteiger partial charge is 0.155 e. The SMILES string of the molecule is Cc1nc2ccc(-c3nc(C#N)ccc3-c3cnn(CC4(F)CCCC4)c3)cn2n1. The Labute approximate surface area is 172 Å². The lowest BCUT2D eigenvalue weighted by molar-refractivity contribution is 0.139. The number of alkyl halides is 1. The molecule has 0 spiro atoms. The highest BCUT2D eigenvalue weighted by Gasteiger charge is 2.34. The molecule has 0 bridgehead atoms. The molecule has 0 radical (unpaired) electrons. The van der Waals surface area contributed by atoms with Crippen molar-refractivity contribution in [2.24, 2.45) is 0 Å². The number of nitrogens with zero attached hydrogens (tertiary/aromatic N) is 7. The van der Waals surface area contributed by atoms with E-state index in [0.29, 0.717) is 30.1 Å². The molecule has 0 aromatic carbocycles. The lowest BCUT2D eigenvalue weighted by Gasteiger charge is -2.18. The van der Waals surface area contributed by atoms with E-state index < -0.39 is 5.67 Å². The maximum atomic E-state index is 14.9. The molecule has 1 aliphatic rings. The van der Waals surface area contributed by atoms with Crippen LogP contribution >= 0.6 is 0 Å². The standard InChI is InChI=1S/C22H20FN7/c1-15-26-20-7-4-16(13-30(20)28-15)21-19(6-5-18(10-24)27-21)17-11-25-29(12-17)14-22(23)8-2-3-9-22/h4-7,11-13H,2-3,8-9,14H2,1H3. The van der Waals surface area contributed by atoms with Gasteiger partial charge in [0.1, 0.15) is 23.3 Å². The van der Waals surface area contributed by atoms with Gasteiger partial charge in [0.2, 0.25) is 0 Å². The summed E-state index contributed by atoms with van der Waals surface area (Å²) >= 11 is 0. The predicted molar refractivity (Wildman–Crippen MR) is 109 cm³/mol. The largest absolute Gasteiger partial charge is 0.269 e. The lowest BCUT2D eigenvalue weighted by Crippen LogP contribution is -2.25. The summed E-state index contributed by atoms with van der Waals surface area (Å²) in [6.07, 6.45) is 8.46. The minimum Gasteiger partial charge on any atom is -0.269 e. The third-order valence-electron chi connectivity index (χ3n) is 5.61. The van der Waals surface area contributed by atoms with Crippen LogP contribution in [0.2, 0.25) is 0 Å². The van der Waals surface area contributed by atoms with Crippen molar-refractivity contribution >= 4 is 5.65 Å². The van der Waals surface area contributed by atoms with E-state index in [4.69, 9.17) is 0 Å². The predicted octanol–water partition coefficient (Wildman–Crippen LogP) is 4.12. The quantitative estimate of drug-likeness (QED) is 0.514. The second-order valence-electron chi connectivity index (χ2n) is 7.87. The summed E-state index contributed by atoms with van der Waals surface area (Å²) in [6, 6.07) is 9.43. The van der Waals surface area contributed by atoms with Gasteiger partial charge in [-0.2, -0.15) is 15.5 Å². The summed E-state index contributed by atoms with van der Waals surface area (Å²) in [5.74, 6) is 0.680. The summed E-state index contributed by atoms with van der Waals surface area (Å²) in [6.45, 7) is 2.10. The lowest BCUT2D eigenvalue weighted by atomic mass is 10.0. The summed E-state index contributed by atoms with van der Waals surface area (Å²) in [5, 5.41) is 18.1. The minimum atomic E-state index is -1.18. The number of halogens is 1. The van der Waals surface area contributed by atoms with Crippen LogP contribution in [0.1, 0.15) is 37.2 Å². The zero-order valence-corrected chi connectivity index (χ0v) is 16.6. The average molecular weight is 401 g/mol. The molecular formula is C22H20FN7. The first-order chi connectivity index (χ1) is 14.5. The number of aryl methyl sites for hydroxylation is 1. The summed E-state index contributed by atoms with van der Waals surface area (Å²) < 4.78 is 18.3. The van der Waals surface area contributed by atoms with E-state index in [1.54, 1.807) is 21.5 Å². The Hall–Kier alpha value is -3.60. The highest BCUT2D eigenvalue weighted by molar-refractivity contribution is 5.80. The molecule has 7 nitrogen and oxygen atoms in total. The number of aromatic nitrogens is 6. The van der Waals surface area contributed by atoms with Gasteiger partial charge in [-0.15, -0.1) is 0 Å². The third-order valence-corrected chi connectivity index (χ3v) is 5.61. The van der Waals surface area contributed by atoms with Gasteiger partial charge in [-0.25, -0.2) is 18.9 Å². The van der Waals surface area contributed by atoms with E-state index in [0.717, 1.165) is 35.2 Å². The van der Waals surface area contributed by atoms with Gasteiger partial charge in [0, 0.05) is 29.1 Å². The first-order valence-corrected chi connectivity index (χ1v) is 9.99. The van der Waals surface area contributed by atoms with Crippen molar-refractivity contribution in [1.29, 1.82) is 5.26 Å². The normalized spacial score (nSPS) is 15.5. The molecule has 0 saturated heterocycles. The highest BCUT2D eigenvalue weighted by atomic mass is 19.1. The number of nitriles is 1. The van der Waals surface area contributed by atoms with Gasteiger partial charge in [-0.05, 0) is 44.0 Å². The molecule has 150 valence electrons. The zero-order valence-electron chi connectivity index (χ0n) is 16.6. The van der Waals surface area contributed by atoms with Crippen LogP contribution in [0.3, 0.4) is 0 Å². The second kappa shape index (κ2) is 7.02. The first-order valence-electron chi connectivity index (χ1n) is 9.99. The fourth-order valence-electron chi connectivity index (χ4n) is 4.15. The monoisotopic (exact) mass is 401 g/mol. The Morgan fingerprint density at radius 3 is 2.73 bits per heavy atom. The van der Waals surface area contributed by atoms with E-state index in [9.17, 15) is 9.65 Å². The van der Waals surface area contributed by atoms with Crippen molar-refractivity contribution in [3.05, 3.63) is 54.4 Å². The summed E-state index contributed by atoms with van der Waals surface area (Å²) in [4.78, 5) is 8.89. The van der Waals surface area contributed by atoms with Crippen molar-refractivity contribution in [3.63, 3.8) is 0 Å². The topological polar surface area (TPSA) is 84.7 Å². The van der Waals surface area contributed by atoms with Gasteiger partial charge in [0.25, 0.3) is 0 Å². The van der Waals surface area contributed by atoms with Crippen LogP contribution in [-0.2, 0) is 6.54 Å². The van der Waals surface area contributed by atoms with Gasteiger partial charge in [0.05, 0.1) is 18.4 Å². The molecule has 0 atom stereocenters. The second-order valence-corrected chi connectivity index (χ2v) is 7.87. The number of fused-ring (bicyclic) bond motifs is 1. The van der Waals surface area contributed by atoms with Crippen LogP contribution in [0, 0.1) is 18.3 Å². The number of hydrogen-bond acceptors (Lipinski definition) is 5. The molecule has 30 heavy (non-hydrogen) atoms. The third kappa shape index (κ3) is 3.32. The fraction of sp³-hybridized carbons (Fsp3) is 0.318. The molecule has 4 heterocycles. The van der Waals surface area contributed by atoms with Crippen LogP contribution in [-0.4, -0.2) is 35.0 Å². The number of pyridine rings is 2. The van der Waals surface area contributed by atoms with Crippen molar-refractivity contribution in [3.8, 4) is 28.5 Å². The minimum absolute atomic E-state index is 0.260. The van der Waals surface area contributed by atoms with Crippen molar-refractivity contribution in [2.45, 2.75) is 44.8 Å². The Morgan fingerprint density at radius 1 is 1.10 bits per heavy atom. The Morgan fingerprint density at radius 2 is 1.93 bits per heavy atom. The highest BCUT2D eigenvalue weighted by Crippen LogP contribution is 2.36. The van der Waals surface area contributed by atoms with E-state index in [1.165, 1.54) is 0 Å². The van der Waals surface area contributed by atoms with Crippen molar-refractivity contribution in [1.82, 2.24) is 29.4 Å². The van der Waals surface area contributed by atoms with Crippen molar-refractivity contribution in [2.75, 3.05) is 0 Å². The number of hydrogen-bond donors (Lipinski definition) is 0. The maximum Gasteiger partial charge on any atom is 0.155 e. The molecule has 1 aliphatic carbocycles. The first kappa shape index (κ1) is 18.4. The Balaban J connectivity index is 1.56. The van der Waals surface area contributed by atoms with Gasteiger partial charge >= 0.3 is 0 Å². The van der Waals surface area contributed by atoms with Gasteiger partial charge < -0.3 is 0 Å². The molecule has 4 aromatic rings. The molecule has 0 aliphatic heterocycles. The Kier molecular flexibility index (Phi) is 4.31. The van der Waals surface area contributed by atoms with Gasteiger partial charge in [0.15, 0.2) is 5.65 Å². The molecule has 0 N–H and O–H groups in total. The molecule has 5 rings (SSSR count). The van der Waals surface area contributed by atoms with Crippen LogP contribution in [0.4, 0.5) is 4.39 Å². The van der Waals surface area contributed by atoms with Gasteiger partial charge in [-0.3, -0.25) is 4.68 Å². The maximum absolute atomic E-state index is 14.9. The van der Waals surface area contributed by atoms with Gasteiger partial charge in [-0.1, -0.05) is 12.8 Å². The van der Waals surface area contributed by atoms with E-state index in [1.807, 2.05) is 37.5 Å². The van der Waals surface area contributed by atoms with E-state index in [2.05, 4.69) is 26.2 Å². The molecule has 4 aromatic heterocycles. The van der Waals surface area contributed by atoms with Crippen LogP contribution in [0.15, 0.2) is 42.9 Å². The van der Waals surface area contributed by atoms with Crippen LogP contribution in [0.25, 0.3) is 28.0 Å². The molecule has 8 heteroatoms. The summed E-state index contributed by atoms with van der Waals surface area (Å²) in [5.41, 5.74) is 3.01. The molecule has 1 saturated carbocycles. The average Bonchev–Trinajstić information content (AvgIpc) is 3.46. The molecule has 0 unspecified atom stereocenters. The van der Waals surface area contributed by atoms with Crippen LogP contribution < -0.4 is 0 Å². The zero-order chi connectivity index (χ0) is 20.7. The molecular weight excluding hydrogens is 381 g/mol.